The van der Waals surface area contributed by atoms with Crippen molar-refractivity contribution in [2.24, 2.45) is 0 Å². The monoisotopic (exact) mass is 610 g/mol. The molecule has 0 bridgehead atoms. The topological polar surface area (TPSA) is 165 Å². The number of halogens is 1. The minimum Gasteiger partial charge on any atom is -0.506 e. The van der Waals surface area contributed by atoms with Gasteiger partial charge in [0.15, 0.2) is 0 Å². The summed E-state index contributed by atoms with van der Waals surface area (Å²) < 4.78 is 46.3. The van der Waals surface area contributed by atoms with E-state index in [4.69, 9.17) is 4.42 Å². The van der Waals surface area contributed by atoms with Crippen molar-refractivity contribution in [2.45, 2.75) is 0 Å². The molecule has 13 heteroatoms. The van der Waals surface area contributed by atoms with Crippen LogP contribution in [-0.2, 0) is 10.0 Å². The maximum absolute atomic E-state index is 13.7. The molecule has 0 spiro atoms. The number of furan rings is 1. The number of anilines is 1. The van der Waals surface area contributed by atoms with Gasteiger partial charge >= 0.3 is 0 Å². The van der Waals surface area contributed by atoms with Gasteiger partial charge < -0.3 is 19.8 Å². The molecule has 4 aromatic heterocycles. The van der Waals surface area contributed by atoms with E-state index in [2.05, 4.69) is 20.3 Å². The van der Waals surface area contributed by atoms with E-state index in [1.807, 2.05) is 6.07 Å². The molecule has 220 valence electrons. The average Bonchev–Trinajstić information content (AvgIpc) is 3.61. The molecule has 0 atom stereocenters. The number of aromatic amines is 1. The van der Waals surface area contributed by atoms with Crippen LogP contribution in [0.15, 0.2) is 71.3 Å². The summed E-state index contributed by atoms with van der Waals surface area (Å²) >= 11 is 0. The third-order valence-electron chi connectivity index (χ3n) is 7.26. The highest BCUT2D eigenvalue weighted by atomic mass is 32.2. The third-order valence-corrected chi connectivity index (χ3v) is 8.45. The fourth-order valence-electron chi connectivity index (χ4n) is 5.00. The van der Waals surface area contributed by atoms with Crippen molar-refractivity contribution >= 4 is 43.5 Å². The van der Waals surface area contributed by atoms with Crippen LogP contribution in [0.3, 0.4) is 0 Å². The summed E-state index contributed by atoms with van der Waals surface area (Å²) in [6, 6.07) is 16.8. The molecule has 0 aliphatic heterocycles. The normalized spacial score (nSPS) is 11.5. The lowest BCUT2D eigenvalue weighted by atomic mass is 10.0. The second-order valence-corrected chi connectivity index (χ2v) is 12.0. The van der Waals surface area contributed by atoms with Crippen LogP contribution in [0.4, 0.5) is 10.1 Å². The number of rotatable bonds is 6. The lowest BCUT2D eigenvalue weighted by molar-refractivity contribution is 0.0964. The van der Waals surface area contributed by atoms with E-state index >= 15 is 0 Å². The number of benzene rings is 2. The van der Waals surface area contributed by atoms with E-state index < -0.39 is 21.7 Å². The Hall–Kier alpha value is -5.74. The summed E-state index contributed by atoms with van der Waals surface area (Å²) in [6.45, 7) is 0. The van der Waals surface area contributed by atoms with Gasteiger partial charge in [0.25, 0.3) is 5.91 Å². The Morgan fingerprint density at radius 3 is 2.55 bits per heavy atom. The molecular formula is C31H23FN6O5S. The SMILES string of the molecule is CNC(=O)c1c(-c2ccc(F)cc2)oc2cc(N(C)S(C)(=O)=O)c(-c3ccc(O)c(-c4cc5c(C#N)nccc5[nH]4)n3)cc12. The van der Waals surface area contributed by atoms with Gasteiger partial charge in [0.2, 0.25) is 10.0 Å². The number of aromatic nitrogens is 3. The van der Waals surface area contributed by atoms with Gasteiger partial charge in [-0.1, -0.05) is 0 Å². The van der Waals surface area contributed by atoms with Crippen LogP contribution in [0.1, 0.15) is 16.1 Å². The standard InChI is InChI=1S/C31H23FN6O5S/c1-34-31(40)28-20-12-19(21-8-9-26(39)29(37-21)23-13-18-22(36-23)10-11-35-24(18)15-33)25(38(2)44(3,41)42)14-27(20)43-30(28)16-4-6-17(32)7-5-16/h4-14,36,39H,1-3H3,(H,34,40). The smallest absolute Gasteiger partial charge is 0.255 e. The number of hydrogen-bond donors (Lipinski definition) is 3. The first-order chi connectivity index (χ1) is 21.0. The molecule has 6 aromatic rings. The number of amides is 1. The van der Waals surface area contributed by atoms with Crippen LogP contribution in [0, 0.1) is 17.1 Å². The van der Waals surface area contributed by atoms with E-state index in [0.717, 1.165) is 10.6 Å². The highest BCUT2D eigenvalue weighted by Crippen LogP contribution is 2.42. The Morgan fingerprint density at radius 2 is 1.86 bits per heavy atom. The molecule has 3 N–H and O–H groups in total. The predicted octanol–water partition coefficient (Wildman–Crippen LogP) is 5.18. The Labute approximate surface area is 250 Å². The van der Waals surface area contributed by atoms with Crippen molar-refractivity contribution in [3.63, 3.8) is 0 Å². The summed E-state index contributed by atoms with van der Waals surface area (Å²) in [7, 11) is -0.946. The lowest BCUT2D eigenvalue weighted by Gasteiger charge is -2.20. The first-order valence-corrected chi connectivity index (χ1v) is 15.0. The van der Waals surface area contributed by atoms with Crippen LogP contribution in [-0.4, -0.2) is 54.7 Å². The van der Waals surface area contributed by atoms with E-state index in [-0.39, 0.29) is 45.4 Å². The number of carbonyl (C=O) groups is 1. The lowest BCUT2D eigenvalue weighted by Crippen LogP contribution is -2.25. The van der Waals surface area contributed by atoms with E-state index in [9.17, 15) is 28.0 Å². The summed E-state index contributed by atoms with van der Waals surface area (Å²) in [4.78, 5) is 25.1. The number of hydrogen-bond acceptors (Lipinski definition) is 8. The van der Waals surface area contributed by atoms with Crippen LogP contribution in [0.5, 0.6) is 5.75 Å². The third kappa shape index (κ3) is 4.77. The van der Waals surface area contributed by atoms with Crippen molar-refractivity contribution in [3.05, 3.63) is 83.9 Å². The largest absolute Gasteiger partial charge is 0.506 e. The van der Waals surface area contributed by atoms with Gasteiger partial charge in [0.05, 0.1) is 34.4 Å². The number of pyridine rings is 2. The molecule has 4 heterocycles. The molecule has 0 aliphatic carbocycles. The number of nitrogens with one attached hydrogen (secondary N) is 2. The van der Waals surface area contributed by atoms with Crippen molar-refractivity contribution < 1.29 is 27.1 Å². The van der Waals surface area contributed by atoms with Crippen LogP contribution < -0.4 is 9.62 Å². The number of H-pyrrole nitrogens is 1. The molecule has 0 fully saturated rings. The Balaban J connectivity index is 1.62. The zero-order chi connectivity index (χ0) is 31.3. The fraction of sp³-hybridized carbons (Fsp3) is 0.0968. The number of carbonyl (C=O) groups excluding carboxylic acids is 1. The number of aromatic hydroxyl groups is 1. The number of nitriles is 1. The summed E-state index contributed by atoms with van der Waals surface area (Å²) in [5, 5.41) is 23.8. The first kappa shape index (κ1) is 28.4. The van der Waals surface area contributed by atoms with Gasteiger partial charge in [-0.3, -0.25) is 9.10 Å². The van der Waals surface area contributed by atoms with Gasteiger partial charge in [0.1, 0.15) is 40.4 Å². The van der Waals surface area contributed by atoms with Gasteiger partial charge in [0, 0.05) is 48.3 Å². The van der Waals surface area contributed by atoms with Crippen LogP contribution in [0.2, 0.25) is 0 Å². The molecule has 0 radical (unpaired) electrons. The van der Waals surface area contributed by atoms with Gasteiger partial charge in [-0.15, -0.1) is 0 Å². The Kier molecular flexibility index (Phi) is 6.78. The minimum atomic E-state index is -3.78. The maximum atomic E-state index is 13.7. The summed E-state index contributed by atoms with van der Waals surface area (Å²) in [5.74, 6) is -0.935. The number of nitrogens with zero attached hydrogens (tertiary/aromatic N) is 4. The predicted molar refractivity (Wildman–Crippen MR) is 163 cm³/mol. The number of sulfonamides is 1. The Bertz CT molecular complexity index is 2270. The highest BCUT2D eigenvalue weighted by molar-refractivity contribution is 7.92. The Morgan fingerprint density at radius 1 is 1.11 bits per heavy atom. The van der Waals surface area contributed by atoms with E-state index in [0.29, 0.717) is 33.1 Å². The van der Waals surface area contributed by atoms with E-state index in [1.165, 1.54) is 62.8 Å². The average molecular weight is 611 g/mol. The minimum absolute atomic E-state index is 0.140. The van der Waals surface area contributed by atoms with Crippen molar-refractivity contribution in [3.8, 4) is 45.8 Å². The molecule has 0 saturated carbocycles. The van der Waals surface area contributed by atoms with Gasteiger partial charge in [-0.05, 0) is 54.6 Å². The summed E-state index contributed by atoms with van der Waals surface area (Å²) in [5.41, 5.74) is 2.95. The molecule has 11 nitrogen and oxygen atoms in total. The summed E-state index contributed by atoms with van der Waals surface area (Å²) in [6.07, 6.45) is 2.53. The molecule has 6 rings (SSSR count). The first-order valence-electron chi connectivity index (χ1n) is 13.1. The van der Waals surface area contributed by atoms with Gasteiger partial charge in [-0.25, -0.2) is 22.8 Å². The maximum Gasteiger partial charge on any atom is 0.255 e. The highest BCUT2D eigenvalue weighted by Gasteiger charge is 2.27. The molecule has 0 saturated heterocycles. The molecule has 0 unspecified atom stereocenters. The molecule has 0 aliphatic rings. The molecule has 2 aromatic carbocycles. The molecular weight excluding hydrogens is 587 g/mol. The zero-order valence-electron chi connectivity index (χ0n) is 23.5. The van der Waals surface area contributed by atoms with Crippen molar-refractivity contribution in [1.82, 2.24) is 20.3 Å². The van der Waals surface area contributed by atoms with Crippen LogP contribution in [0.25, 0.3) is 55.8 Å². The van der Waals surface area contributed by atoms with Crippen LogP contribution >= 0.6 is 0 Å². The molecule has 44 heavy (non-hydrogen) atoms. The van der Waals surface area contributed by atoms with Crippen molar-refractivity contribution in [1.29, 1.82) is 5.26 Å². The second kappa shape index (κ2) is 10.5. The zero-order valence-corrected chi connectivity index (χ0v) is 24.3. The molecule has 1 amide bonds. The quantitative estimate of drug-likeness (QED) is 0.232. The van der Waals surface area contributed by atoms with Gasteiger partial charge in [-0.2, -0.15) is 5.26 Å². The van der Waals surface area contributed by atoms with Crippen molar-refractivity contribution in [2.75, 3.05) is 24.7 Å². The number of fused-ring (bicyclic) bond motifs is 2. The second-order valence-electron chi connectivity index (χ2n) is 9.97. The van der Waals surface area contributed by atoms with E-state index in [1.54, 1.807) is 18.2 Å². The fourth-order valence-corrected chi connectivity index (χ4v) is 5.51.